The summed E-state index contributed by atoms with van der Waals surface area (Å²) in [5, 5.41) is 10.5. The summed E-state index contributed by atoms with van der Waals surface area (Å²) < 4.78 is 2.05. The quantitative estimate of drug-likeness (QED) is 0.772. The van der Waals surface area contributed by atoms with Crippen LogP contribution in [0.3, 0.4) is 0 Å². The fourth-order valence-corrected chi connectivity index (χ4v) is 2.58. The molecule has 108 valence electrons. The maximum atomic E-state index is 10.5. The molecule has 0 saturated heterocycles. The molecule has 3 N–H and O–H groups in total. The van der Waals surface area contributed by atoms with Gasteiger partial charge in [0.05, 0.1) is 23.7 Å². The Morgan fingerprint density at radius 3 is 2.57 bits per heavy atom. The van der Waals surface area contributed by atoms with Gasteiger partial charge in [-0.15, -0.1) is 0 Å². The summed E-state index contributed by atoms with van der Waals surface area (Å²) in [5.41, 5.74) is 9.56. The monoisotopic (exact) mass is 281 g/mol. The summed E-state index contributed by atoms with van der Waals surface area (Å²) in [7, 11) is 0. The van der Waals surface area contributed by atoms with Crippen LogP contribution in [0.1, 0.15) is 23.1 Å². The number of aliphatic hydroxyl groups excluding tert-OH is 1. The predicted molar refractivity (Wildman–Crippen MR) is 83.8 cm³/mol. The number of aliphatic hydroxyl groups is 1. The fraction of sp³-hybridized carbons (Fsp3) is 0.235. The van der Waals surface area contributed by atoms with Crippen LogP contribution in [0, 0.1) is 6.92 Å². The minimum atomic E-state index is -0.562. The molecule has 4 heteroatoms. The maximum absolute atomic E-state index is 10.5. The van der Waals surface area contributed by atoms with Gasteiger partial charge in [-0.25, -0.2) is 4.98 Å². The van der Waals surface area contributed by atoms with Crippen molar-refractivity contribution >= 4 is 11.0 Å². The molecule has 1 unspecified atom stereocenters. The number of aromatic nitrogens is 2. The SMILES string of the molecule is Cc1nc2ccccc2n1CC(O)c1ccc(CN)cc1. The topological polar surface area (TPSA) is 64.1 Å². The van der Waals surface area contributed by atoms with E-state index in [0.29, 0.717) is 13.1 Å². The Morgan fingerprint density at radius 1 is 1.14 bits per heavy atom. The van der Waals surface area contributed by atoms with E-state index in [9.17, 15) is 5.11 Å². The molecule has 0 saturated carbocycles. The van der Waals surface area contributed by atoms with Gasteiger partial charge < -0.3 is 15.4 Å². The molecule has 0 radical (unpaired) electrons. The fourth-order valence-electron chi connectivity index (χ4n) is 2.58. The zero-order valence-electron chi connectivity index (χ0n) is 12.0. The molecule has 0 aliphatic carbocycles. The van der Waals surface area contributed by atoms with Gasteiger partial charge in [-0.1, -0.05) is 36.4 Å². The number of imidazole rings is 1. The van der Waals surface area contributed by atoms with Crippen molar-refractivity contribution in [1.82, 2.24) is 9.55 Å². The summed E-state index contributed by atoms with van der Waals surface area (Å²) in [5.74, 6) is 0.911. The lowest BCUT2D eigenvalue weighted by Gasteiger charge is -2.14. The molecular formula is C17H19N3O. The van der Waals surface area contributed by atoms with E-state index in [2.05, 4.69) is 9.55 Å². The lowest BCUT2D eigenvalue weighted by molar-refractivity contribution is 0.157. The molecule has 2 aromatic carbocycles. The first-order valence-corrected chi connectivity index (χ1v) is 7.08. The number of hydrogen-bond donors (Lipinski definition) is 2. The zero-order chi connectivity index (χ0) is 14.8. The number of rotatable bonds is 4. The molecular weight excluding hydrogens is 262 g/mol. The van der Waals surface area contributed by atoms with Crippen LogP contribution in [-0.4, -0.2) is 14.7 Å². The highest BCUT2D eigenvalue weighted by atomic mass is 16.3. The number of aryl methyl sites for hydroxylation is 1. The van der Waals surface area contributed by atoms with Crippen LogP contribution in [0.25, 0.3) is 11.0 Å². The van der Waals surface area contributed by atoms with Gasteiger partial charge in [0.25, 0.3) is 0 Å². The van der Waals surface area contributed by atoms with Crippen LogP contribution < -0.4 is 5.73 Å². The average molecular weight is 281 g/mol. The Labute approximate surface area is 123 Å². The van der Waals surface area contributed by atoms with Crippen molar-refractivity contribution in [3.05, 3.63) is 65.5 Å². The van der Waals surface area contributed by atoms with Gasteiger partial charge >= 0.3 is 0 Å². The Kier molecular flexibility index (Phi) is 3.73. The number of para-hydroxylation sites is 2. The molecule has 0 bridgehead atoms. The van der Waals surface area contributed by atoms with Gasteiger partial charge in [-0.2, -0.15) is 0 Å². The second-order valence-electron chi connectivity index (χ2n) is 5.22. The van der Waals surface area contributed by atoms with Crippen molar-refractivity contribution in [3.63, 3.8) is 0 Å². The molecule has 0 amide bonds. The van der Waals surface area contributed by atoms with Gasteiger partial charge in [0.2, 0.25) is 0 Å². The Balaban J connectivity index is 1.88. The van der Waals surface area contributed by atoms with E-state index in [0.717, 1.165) is 28.0 Å². The number of benzene rings is 2. The van der Waals surface area contributed by atoms with Crippen LogP contribution in [0.15, 0.2) is 48.5 Å². The van der Waals surface area contributed by atoms with Crippen molar-refractivity contribution in [3.8, 4) is 0 Å². The summed E-state index contributed by atoms with van der Waals surface area (Å²) in [6, 6.07) is 15.8. The van der Waals surface area contributed by atoms with E-state index < -0.39 is 6.10 Å². The van der Waals surface area contributed by atoms with Crippen LogP contribution >= 0.6 is 0 Å². The summed E-state index contributed by atoms with van der Waals surface area (Å²) in [4.78, 5) is 4.52. The van der Waals surface area contributed by atoms with E-state index >= 15 is 0 Å². The summed E-state index contributed by atoms with van der Waals surface area (Å²) in [6.45, 7) is 2.97. The predicted octanol–water partition coefficient (Wildman–Crippen LogP) is 2.54. The highest BCUT2D eigenvalue weighted by molar-refractivity contribution is 5.75. The smallest absolute Gasteiger partial charge is 0.106 e. The second kappa shape index (κ2) is 5.68. The van der Waals surface area contributed by atoms with E-state index in [1.54, 1.807) is 0 Å². The zero-order valence-corrected chi connectivity index (χ0v) is 12.0. The van der Waals surface area contributed by atoms with Gasteiger partial charge in [0, 0.05) is 6.54 Å². The third kappa shape index (κ3) is 2.68. The van der Waals surface area contributed by atoms with Crippen molar-refractivity contribution < 1.29 is 5.11 Å². The molecule has 4 nitrogen and oxygen atoms in total. The number of hydrogen-bond acceptors (Lipinski definition) is 3. The van der Waals surface area contributed by atoms with Crippen molar-refractivity contribution in [2.75, 3.05) is 0 Å². The molecule has 0 aliphatic heterocycles. The minimum Gasteiger partial charge on any atom is -0.387 e. The summed E-state index contributed by atoms with van der Waals surface area (Å²) in [6.07, 6.45) is -0.562. The largest absolute Gasteiger partial charge is 0.387 e. The van der Waals surface area contributed by atoms with E-state index in [-0.39, 0.29) is 0 Å². The third-order valence-electron chi connectivity index (χ3n) is 3.80. The Bertz CT molecular complexity index is 746. The van der Waals surface area contributed by atoms with Crippen molar-refractivity contribution in [2.24, 2.45) is 5.73 Å². The second-order valence-corrected chi connectivity index (χ2v) is 5.22. The third-order valence-corrected chi connectivity index (χ3v) is 3.80. The van der Waals surface area contributed by atoms with E-state index in [4.69, 9.17) is 5.73 Å². The highest BCUT2D eigenvalue weighted by Gasteiger charge is 2.13. The first-order valence-electron chi connectivity index (χ1n) is 7.08. The van der Waals surface area contributed by atoms with Crippen molar-refractivity contribution in [2.45, 2.75) is 26.1 Å². The van der Waals surface area contributed by atoms with Crippen molar-refractivity contribution in [1.29, 1.82) is 0 Å². The molecule has 1 aromatic heterocycles. The molecule has 1 atom stereocenters. The molecule has 0 aliphatic rings. The number of nitrogens with two attached hydrogens (primary N) is 1. The maximum Gasteiger partial charge on any atom is 0.106 e. The van der Waals surface area contributed by atoms with E-state index in [1.807, 2.05) is 55.5 Å². The lowest BCUT2D eigenvalue weighted by Crippen LogP contribution is -2.10. The lowest BCUT2D eigenvalue weighted by atomic mass is 10.1. The normalized spacial score (nSPS) is 12.7. The van der Waals surface area contributed by atoms with Crippen LogP contribution in [-0.2, 0) is 13.1 Å². The number of fused-ring (bicyclic) bond motifs is 1. The van der Waals surface area contributed by atoms with Crippen LogP contribution in [0.2, 0.25) is 0 Å². The molecule has 3 aromatic rings. The summed E-state index contributed by atoms with van der Waals surface area (Å²) >= 11 is 0. The minimum absolute atomic E-state index is 0.494. The van der Waals surface area contributed by atoms with Crippen LogP contribution in [0.5, 0.6) is 0 Å². The first-order chi connectivity index (χ1) is 10.2. The van der Waals surface area contributed by atoms with Gasteiger partial charge in [-0.05, 0) is 30.2 Å². The molecule has 3 rings (SSSR count). The molecule has 21 heavy (non-hydrogen) atoms. The van der Waals surface area contributed by atoms with Gasteiger partial charge in [0.1, 0.15) is 5.82 Å². The molecule has 0 spiro atoms. The number of nitrogens with zero attached hydrogens (tertiary/aromatic N) is 2. The Morgan fingerprint density at radius 2 is 1.86 bits per heavy atom. The first kappa shape index (κ1) is 13.8. The average Bonchev–Trinajstić information content (AvgIpc) is 2.83. The van der Waals surface area contributed by atoms with Gasteiger partial charge in [0.15, 0.2) is 0 Å². The highest BCUT2D eigenvalue weighted by Crippen LogP contribution is 2.21. The standard InChI is InChI=1S/C17H19N3O/c1-12-19-15-4-2-3-5-16(15)20(12)11-17(21)14-8-6-13(10-18)7-9-14/h2-9,17,21H,10-11,18H2,1H3. The van der Waals surface area contributed by atoms with Crippen LogP contribution in [0.4, 0.5) is 0 Å². The molecule has 1 heterocycles. The Hall–Kier alpha value is -2.17. The van der Waals surface area contributed by atoms with E-state index in [1.165, 1.54) is 0 Å². The molecule has 0 fully saturated rings. The van der Waals surface area contributed by atoms with Gasteiger partial charge in [-0.3, -0.25) is 0 Å².